The molecule has 2 amide bonds. The summed E-state index contributed by atoms with van der Waals surface area (Å²) in [6, 6.07) is 5.85. The smallest absolute Gasteiger partial charge is 0.348 e. The molecule has 7 heteroatoms. The molecule has 2 fully saturated rings. The van der Waals surface area contributed by atoms with Crippen molar-refractivity contribution in [3.05, 3.63) is 35.4 Å². The molecule has 3 rings (SSSR count). The van der Waals surface area contributed by atoms with Crippen LogP contribution in [0.4, 0.5) is 13.2 Å². The second-order valence-electron chi connectivity index (χ2n) is 8.03. The predicted molar refractivity (Wildman–Crippen MR) is 99.3 cm³/mol. The maximum absolute atomic E-state index is 12.8. The zero-order valence-corrected chi connectivity index (χ0v) is 16.0. The Labute approximate surface area is 163 Å². The van der Waals surface area contributed by atoms with E-state index in [0.717, 1.165) is 36.8 Å². The van der Waals surface area contributed by atoms with E-state index in [2.05, 4.69) is 5.32 Å². The Balaban J connectivity index is 1.72. The molecule has 0 aromatic heterocycles. The van der Waals surface area contributed by atoms with Crippen LogP contribution in [0.25, 0.3) is 0 Å². The molecule has 3 atom stereocenters. The van der Waals surface area contributed by atoms with Crippen LogP contribution >= 0.6 is 0 Å². The van der Waals surface area contributed by atoms with Crippen molar-refractivity contribution in [1.29, 1.82) is 0 Å². The Morgan fingerprint density at radius 2 is 1.71 bits per heavy atom. The minimum Gasteiger partial charge on any atom is -0.348 e. The number of piperidine rings is 1. The van der Waals surface area contributed by atoms with Crippen LogP contribution in [0.5, 0.6) is 0 Å². The van der Waals surface area contributed by atoms with Gasteiger partial charge >= 0.3 is 6.18 Å². The van der Waals surface area contributed by atoms with Crippen molar-refractivity contribution in [2.75, 3.05) is 0 Å². The number of carbonyl (C=O) groups is 2. The zero-order chi connectivity index (χ0) is 20.3. The summed E-state index contributed by atoms with van der Waals surface area (Å²) >= 11 is 0. The summed E-state index contributed by atoms with van der Waals surface area (Å²) in [6.07, 6.45) is 0.509. The molecule has 1 aromatic carbocycles. The second kappa shape index (κ2) is 8.53. The highest BCUT2D eigenvalue weighted by molar-refractivity contribution is 6.01. The summed E-state index contributed by atoms with van der Waals surface area (Å²) < 4.78 is 38.5. The monoisotopic (exact) mass is 396 g/mol. The largest absolute Gasteiger partial charge is 0.408 e. The van der Waals surface area contributed by atoms with E-state index in [-0.39, 0.29) is 24.8 Å². The van der Waals surface area contributed by atoms with Crippen molar-refractivity contribution in [2.24, 2.45) is 11.8 Å². The fourth-order valence-electron chi connectivity index (χ4n) is 4.27. The van der Waals surface area contributed by atoms with E-state index in [1.54, 1.807) is 0 Å². The molecule has 1 aliphatic heterocycles. The van der Waals surface area contributed by atoms with E-state index in [1.807, 2.05) is 36.5 Å². The van der Waals surface area contributed by atoms with E-state index in [4.69, 9.17) is 0 Å². The maximum Gasteiger partial charge on any atom is 0.408 e. The van der Waals surface area contributed by atoms with Gasteiger partial charge in [-0.15, -0.1) is 0 Å². The van der Waals surface area contributed by atoms with E-state index >= 15 is 0 Å². The van der Waals surface area contributed by atoms with E-state index < -0.39 is 30.0 Å². The summed E-state index contributed by atoms with van der Waals surface area (Å²) in [5.74, 6) is -2.11. The highest BCUT2D eigenvalue weighted by Gasteiger charge is 2.46. The zero-order valence-electron chi connectivity index (χ0n) is 16.0. The highest BCUT2D eigenvalue weighted by atomic mass is 19.4. The molecule has 0 radical (unpaired) electrons. The lowest BCUT2D eigenvalue weighted by atomic mass is 9.80. The molecule has 1 saturated heterocycles. The van der Waals surface area contributed by atoms with Gasteiger partial charge in [-0.25, -0.2) is 0 Å². The van der Waals surface area contributed by atoms with Crippen LogP contribution in [-0.2, 0) is 9.59 Å². The molecule has 3 unspecified atom stereocenters. The van der Waals surface area contributed by atoms with Crippen LogP contribution in [0.1, 0.15) is 62.1 Å². The normalized spacial score (nSPS) is 25.1. The van der Waals surface area contributed by atoms with Gasteiger partial charge in [0, 0.05) is 0 Å². The number of hydrogen-bond acceptors (Lipinski definition) is 2. The molecule has 154 valence electrons. The van der Waals surface area contributed by atoms with Crippen LogP contribution in [0, 0.1) is 18.8 Å². The van der Waals surface area contributed by atoms with Gasteiger partial charge in [0.05, 0.1) is 6.04 Å². The lowest BCUT2D eigenvalue weighted by Crippen LogP contribution is -2.55. The molecule has 0 spiro atoms. The first-order valence-corrected chi connectivity index (χ1v) is 9.99. The third-order valence-electron chi connectivity index (χ3n) is 5.94. The van der Waals surface area contributed by atoms with Crippen LogP contribution < -0.4 is 10.6 Å². The average Bonchev–Trinajstić information content (AvgIpc) is 2.66. The van der Waals surface area contributed by atoms with Gasteiger partial charge in [0.15, 0.2) is 0 Å². The van der Waals surface area contributed by atoms with Gasteiger partial charge in [-0.3, -0.25) is 9.59 Å². The number of carbonyl (C=O) groups excluding carboxylic acids is 2. The molecule has 1 heterocycles. The number of nitrogens with one attached hydrogen (secondary N) is 2. The van der Waals surface area contributed by atoms with Crippen molar-refractivity contribution in [3.8, 4) is 0 Å². The first-order chi connectivity index (χ1) is 13.3. The third-order valence-corrected chi connectivity index (χ3v) is 5.94. The molecule has 1 aromatic rings. The van der Waals surface area contributed by atoms with Crippen molar-refractivity contribution in [2.45, 2.75) is 70.1 Å². The SMILES string of the molecule is Cc1ccc(C(NC(=O)C2CCC(C(F)(F)F)NC2=O)C2CCCCC2)cc1. The van der Waals surface area contributed by atoms with E-state index in [1.165, 1.54) is 6.42 Å². The molecule has 2 N–H and O–H groups in total. The van der Waals surface area contributed by atoms with E-state index in [9.17, 15) is 22.8 Å². The summed E-state index contributed by atoms with van der Waals surface area (Å²) in [5.41, 5.74) is 2.09. The lowest BCUT2D eigenvalue weighted by molar-refractivity contribution is -0.171. The number of hydrogen-bond donors (Lipinski definition) is 2. The van der Waals surface area contributed by atoms with Gasteiger partial charge in [-0.1, -0.05) is 49.1 Å². The van der Waals surface area contributed by atoms with Crippen LogP contribution in [0.2, 0.25) is 0 Å². The molecular weight excluding hydrogens is 369 g/mol. The van der Waals surface area contributed by atoms with Crippen molar-refractivity contribution in [1.82, 2.24) is 10.6 Å². The Morgan fingerprint density at radius 3 is 2.29 bits per heavy atom. The maximum atomic E-state index is 12.8. The molecule has 1 aliphatic carbocycles. The first-order valence-electron chi connectivity index (χ1n) is 9.99. The quantitative estimate of drug-likeness (QED) is 0.750. The second-order valence-corrected chi connectivity index (χ2v) is 8.03. The highest BCUT2D eigenvalue weighted by Crippen LogP contribution is 2.35. The minimum atomic E-state index is -4.48. The fourth-order valence-corrected chi connectivity index (χ4v) is 4.27. The summed E-state index contributed by atoms with van der Waals surface area (Å²) in [5, 5.41) is 4.96. The first kappa shape index (κ1) is 20.7. The Hall–Kier alpha value is -2.05. The molecule has 2 aliphatic rings. The number of alkyl halides is 3. The number of aryl methyl sites for hydroxylation is 1. The Morgan fingerprint density at radius 1 is 1.07 bits per heavy atom. The minimum absolute atomic E-state index is 0.0902. The van der Waals surface area contributed by atoms with Crippen molar-refractivity contribution >= 4 is 11.8 Å². The van der Waals surface area contributed by atoms with Gasteiger partial charge in [0.2, 0.25) is 11.8 Å². The average molecular weight is 396 g/mol. The lowest BCUT2D eigenvalue weighted by Gasteiger charge is -2.34. The van der Waals surface area contributed by atoms with Crippen LogP contribution in [0.15, 0.2) is 24.3 Å². The fraction of sp³-hybridized carbons (Fsp3) is 0.619. The molecule has 1 saturated carbocycles. The topological polar surface area (TPSA) is 58.2 Å². The Bertz CT molecular complexity index is 697. The molecule has 0 bridgehead atoms. The van der Waals surface area contributed by atoms with Crippen LogP contribution in [0.3, 0.4) is 0 Å². The predicted octanol–water partition coefficient (Wildman–Crippen LogP) is 4.19. The molecular formula is C21H27F3N2O2. The number of rotatable bonds is 4. The van der Waals surface area contributed by atoms with Gasteiger partial charge < -0.3 is 10.6 Å². The van der Waals surface area contributed by atoms with Crippen LogP contribution in [-0.4, -0.2) is 24.0 Å². The van der Waals surface area contributed by atoms with E-state index in [0.29, 0.717) is 0 Å². The van der Waals surface area contributed by atoms with Crippen molar-refractivity contribution < 1.29 is 22.8 Å². The van der Waals surface area contributed by atoms with Gasteiger partial charge in [-0.05, 0) is 44.1 Å². The van der Waals surface area contributed by atoms with Crippen molar-refractivity contribution in [3.63, 3.8) is 0 Å². The number of halogens is 3. The summed E-state index contributed by atoms with van der Waals surface area (Å²) in [6.45, 7) is 1.99. The molecule has 28 heavy (non-hydrogen) atoms. The van der Waals surface area contributed by atoms with Gasteiger partial charge in [0.25, 0.3) is 0 Å². The Kier molecular flexibility index (Phi) is 6.30. The molecule has 4 nitrogen and oxygen atoms in total. The van der Waals surface area contributed by atoms with Gasteiger partial charge in [0.1, 0.15) is 12.0 Å². The number of amides is 2. The number of benzene rings is 1. The standard InChI is InChI=1S/C21H27F3N2O2/c1-13-7-9-15(10-8-13)18(14-5-3-2-4-6-14)26-20(28)16-11-12-17(21(22,23)24)25-19(16)27/h7-10,14,16-18H,2-6,11-12H2,1H3,(H,25,27)(H,26,28). The summed E-state index contributed by atoms with van der Waals surface area (Å²) in [7, 11) is 0. The third kappa shape index (κ3) is 4.86. The summed E-state index contributed by atoms with van der Waals surface area (Å²) in [4.78, 5) is 25.0. The van der Waals surface area contributed by atoms with Gasteiger partial charge in [-0.2, -0.15) is 13.2 Å².